The third-order valence-corrected chi connectivity index (χ3v) is 3.86. The van der Waals surface area contributed by atoms with Gasteiger partial charge in [-0.05, 0) is 30.5 Å². The van der Waals surface area contributed by atoms with Crippen LogP contribution in [0.2, 0.25) is 0 Å². The fraction of sp³-hybridized carbons (Fsp3) is 0.333. The molecule has 0 radical (unpaired) electrons. The number of ether oxygens (including phenoxy) is 1. The van der Waals surface area contributed by atoms with Crippen LogP contribution in [0.1, 0.15) is 30.3 Å². The highest BCUT2D eigenvalue weighted by molar-refractivity contribution is 7.09. The van der Waals surface area contributed by atoms with Crippen molar-refractivity contribution in [2.45, 2.75) is 26.7 Å². The Morgan fingerprint density at radius 1 is 1.41 bits per heavy atom. The number of amides is 1. The van der Waals surface area contributed by atoms with E-state index in [4.69, 9.17) is 9.84 Å². The molecular weight excluding hydrogens is 302 g/mol. The molecule has 7 heteroatoms. The number of carboxylic acid groups (broad SMARTS) is 1. The van der Waals surface area contributed by atoms with Crippen molar-refractivity contribution in [3.8, 4) is 17.0 Å². The van der Waals surface area contributed by atoms with Gasteiger partial charge in [-0.3, -0.25) is 0 Å². The molecule has 2 aromatic rings. The van der Waals surface area contributed by atoms with Crippen molar-refractivity contribution in [1.82, 2.24) is 4.98 Å². The van der Waals surface area contributed by atoms with Crippen LogP contribution in [0.25, 0.3) is 11.3 Å². The quantitative estimate of drug-likeness (QED) is 0.802. The zero-order valence-electron chi connectivity index (χ0n) is 12.8. The van der Waals surface area contributed by atoms with Gasteiger partial charge in [0.1, 0.15) is 11.4 Å². The van der Waals surface area contributed by atoms with E-state index in [2.05, 4.69) is 15.2 Å². The highest BCUT2D eigenvalue weighted by Gasteiger charge is 2.16. The van der Waals surface area contributed by atoms with Crippen molar-refractivity contribution in [2.75, 3.05) is 7.11 Å². The molecule has 0 bridgehead atoms. The summed E-state index contributed by atoms with van der Waals surface area (Å²) in [7, 11) is 1.54. The molecule has 116 valence electrons. The Morgan fingerprint density at radius 2 is 2.14 bits per heavy atom. The van der Waals surface area contributed by atoms with E-state index < -0.39 is 6.09 Å². The van der Waals surface area contributed by atoms with Crippen LogP contribution in [-0.4, -0.2) is 23.3 Å². The average molecular weight is 319 g/mol. The van der Waals surface area contributed by atoms with E-state index in [1.807, 2.05) is 32.2 Å². The van der Waals surface area contributed by atoms with E-state index in [9.17, 15) is 4.79 Å². The van der Waals surface area contributed by atoms with Crippen molar-refractivity contribution in [2.24, 2.45) is 10.2 Å². The summed E-state index contributed by atoms with van der Waals surface area (Å²) in [5.74, 6) is 0.726. The zero-order chi connectivity index (χ0) is 16.3. The summed E-state index contributed by atoms with van der Waals surface area (Å²) < 4.78 is 5.40. The van der Waals surface area contributed by atoms with Crippen LogP contribution < -0.4 is 4.74 Å². The van der Waals surface area contributed by atoms with Crippen molar-refractivity contribution in [3.05, 3.63) is 28.1 Å². The van der Waals surface area contributed by atoms with Gasteiger partial charge in [0.2, 0.25) is 0 Å². The number of nitrogens with zero attached hydrogens (tertiary/aromatic N) is 3. The zero-order valence-corrected chi connectivity index (χ0v) is 13.6. The SMILES string of the molecule is COc1c(N=NC(=O)O)cc(-c2csc(C)n2)cc1C(C)C. The number of hydrogen-bond donors (Lipinski definition) is 1. The van der Waals surface area contributed by atoms with Gasteiger partial charge in [0.05, 0.1) is 17.8 Å². The fourth-order valence-electron chi connectivity index (χ4n) is 2.10. The number of hydrogen-bond acceptors (Lipinski definition) is 5. The minimum absolute atomic E-state index is 0.188. The van der Waals surface area contributed by atoms with Gasteiger partial charge in [-0.2, -0.15) is 0 Å². The van der Waals surface area contributed by atoms with E-state index in [-0.39, 0.29) is 5.92 Å². The Bertz CT molecular complexity index is 723. The van der Waals surface area contributed by atoms with Gasteiger partial charge in [-0.15, -0.1) is 16.5 Å². The predicted molar refractivity (Wildman–Crippen MR) is 85.5 cm³/mol. The van der Waals surface area contributed by atoms with E-state index in [0.717, 1.165) is 21.8 Å². The molecule has 0 saturated heterocycles. The molecule has 0 atom stereocenters. The second-order valence-electron chi connectivity index (χ2n) is 5.01. The molecule has 0 fully saturated rings. The number of thiazole rings is 1. The van der Waals surface area contributed by atoms with E-state index in [1.165, 1.54) is 7.11 Å². The first-order valence-corrected chi connectivity index (χ1v) is 7.59. The number of methoxy groups -OCH3 is 1. The number of aromatic nitrogens is 1. The van der Waals surface area contributed by atoms with Gasteiger partial charge in [-0.25, -0.2) is 9.78 Å². The molecule has 1 N–H and O–H groups in total. The van der Waals surface area contributed by atoms with Crippen LogP contribution in [0.4, 0.5) is 10.5 Å². The molecule has 1 aromatic heterocycles. The lowest BCUT2D eigenvalue weighted by Gasteiger charge is -2.15. The van der Waals surface area contributed by atoms with Gasteiger partial charge >= 0.3 is 6.09 Å². The second-order valence-corrected chi connectivity index (χ2v) is 6.07. The molecule has 1 aromatic carbocycles. The van der Waals surface area contributed by atoms with Crippen LogP contribution in [0, 0.1) is 6.92 Å². The first kappa shape index (κ1) is 16.1. The topological polar surface area (TPSA) is 84.1 Å². The molecule has 0 saturated carbocycles. The lowest BCUT2D eigenvalue weighted by Crippen LogP contribution is -1.96. The first-order valence-electron chi connectivity index (χ1n) is 6.71. The average Bonchev–Trinajstić information content (AvgIpc) is 2.90. The molecule has 0 aliphatic heterocycles. The Labute approximate surface area is 132 Å². The summed E-state index contributed by atoms with van der Waals surface area (Å²) in [6.45, 7) is 6.00. The number of benzene rings is 1. The van der Waals surface area contributed by atoms with Crippen molar-refractivity contribution < 1.29 is 14.6 Å². The Kier molecular flexibility index (Phi) is 4.87. The second kappa shape index (κ2) is 6.65. The van der Waals surface area contributed by atoms with Crippen molar-refractivity contribution in [3.63, 3.8) is 0 Å². The van der Waals surface area contributed by atoms with Crippen LogP contribution in [0.15, 0.2) is 27.7 Å². The molecule has 1 amide bonds. The monoisotopic (exact) mass is 319 g/mol. The van der Waals surface area contributed by atoms with Crippen LogP contribution in [-0.2, 0) is 0 Å². The lowest BCUT2D eigenvalue weighted by atomic mass is 9.97. The Hall–Kier alpha value is -2.28. The summed E-state index contributed by atoms with van der Waals surface area (Å²) in [5.41, 5.74) is 3.02. The van der Waals surface area contributed by atoms with Crippen LogP contribution >= 0.6 is 11.3 Å². The smallest absolute Gasteiger partial charge is 0.449 e. The van der Waals surface area contributed by atoms with Gasteiger partial charge in [0.15, 0.2) is 0 Å². The summed E-state index contributed by atoms with van der Waals surface area (Å²) in [5, 5.41) is 18.6. The number of carbonyl (C=O) groups is 1. The van der Waals surface area contributed by atoms with Gasteiger partial charge in [0.25, 0.3) is 0 Å². The van der Waals surface area contributed by atoms with E-state index >= 15 is 0 Å². The maximum atomic E-state index is 10.6. The van der Waals surface area contributed by atoms with Crippen LogP contribution in [0.5, 0.6) is 5.75 Å². The molecule has 2 rings (SSSR count). The van der Waals surface area contributed by atoms with E-state index in [1.54, 1.807) is 17.4 Å². The highest BCUT2D eigenvalue weighted by Crippen LogP contribution is 2.40. The molecule has 0 spiro atoms. The standard InChI is InChI=1S/C15H17N3O3S/c1-8(2)11-5-10(13-7-22-9(3)16-13)6-12(14(11)21-4)17-18-15(19)20/h5-8H,1-4H3,(H,19,20). The Morgan fingerprint density at radius 3 is 2.64 bits per heavy atom. The maximum absolute atomic E-state index is 10.6. The summed E-state index contributed by atoms with van der Waals surface area (Å²) >= 11 is 1.56. The molecule has 0 aliphatic rings. The normalized spacial score (nSPS) is 11.3. The largest absolute Gasteiger partial charge is 0.494 e. The lowest BCUT2D eigenvalue weighted by molar-refractivity contribution is 0.204. The van der Waals surface area contributed by atoms with Crippen LogP contribution in [0.3, 0.4) is 0 Å². The Balaban J connectivity index is 2.63. The number of aryl methyl sites for hydroxylation is 1. The molecular formula is C15H17N3O3S. The molecule has 1 heterocycles. The van der Waals surface area contributed by atoms with Gasteiger partial charge in [0, 0.05) is 10.9 Å². The molecule has 6 nitrogen and oxygen atoms in total. The third-order valence-electron chi connectivity index (χ3n) is 3.08. The molecule has 0 unspecified atom stereocenters. The number of azo groups is 1. The molecule has 0 aliphatic carbocycles. The third kappa shape index (κ3) is 3.48. The van der Waals surface area contributed by atoms with Gasteiger partial charge in [-0.1, -0.05) is 19.0 Å². The summed E-state index contributed by atoms with van der Waals surface area (Å²) in [4.78, 5) is 15.1. The first-order chi connectivity index (χ1) is 10.4. The molecule has 22 heavy (non-hydrogen) atoms. The minimum atomic E-state index is -1.34. The number of rotatable bonds is 4. The van der Waals surface area contributed by atoms with Gasteiger partial charge < -0.3 is 9.84 Å². The highest BCUT2D eigenvalue weighted by atomic mass is 32.1. The summed E-state index contributed by atoms with van der Waals surface area (Å²) in [6, 6.07) is 3.74. The van der Waals surface area contributed by atoms with Crippen molar-refractivity contribution in [1.29, 1.82) is 0 Å². The maximum Gasteiger partial charge on any atom is 0.449 e. The predicted octanol–water partition coefficient (Wildman–Crippen LogP) is 5.01. The minimum Gasteiger partial charge on any atom is -0.494 e. The van der Waals surface area contributed by atoms with Crippen molar-refractivity contribution >= 4 is 23.1 Å². The fourth-order valence-corrected chi connectivity index (χ4v) is 2.72. The van der Waals surface area contributed by atoms with E-state index in [0.29, 0.717) is 11.4 Å². The summed E-state index contributed by atoms with van der Waals surface area (Å²) in [6.07, 6.45) is -1.34.